The molecule has 23 heavy (non-hydrogen) atoms. The molecule has 0 radical (unpaired) electrons. The minimum Gasteiger partial charge on any atom is -0.490 e. The predicted molar refractivity (Wildman–Crippen MR) is 85.3 cm³/mol. The van der Waals surface area contributed by atoms with E-state index >= 15 is 0 Å². The zero-order chi connectivity index (χ0) is 16.1. The summed E-state index contributed by atoms with van der Waals surface area (Å²) in [7, 11) is 0. The summed E-state index contributed by atoms with van der Waals surface area (Å²) >= 11 is 0. The molecule has 0 aliphatic heterocycles. The lowest BCUT2D eigenvalue weighted by Gasteiger charge is -2.14. The first-order chi connectivity index (χ1) is 11.2. The smallest absolute Gasteiger partial charge is 0.251 e. The summed E-state index contributed by atoms with van der Waals surface area (Å²) in [6.45, 7) is 0.0973. The molecule has 1 aliphatic rings. The van der Waals surface area contributed by atoms with Crippen LogP contribution < -0.4 is 10.1 Å². The maximum absolute atomic E-state index is 12.2. The highest BCUT2D eigenvalue weighted by molar-refractivity contribution is 5.94. The molecule has 1 unspecified atom stereocenters. The highest BCUT2D eigenvalue weighted by Crippen LogP contribution is 2.24. The molecule has 2 N–H and O–H groups in total. The SMILES string of the molecule is O=C(NCC(O)c1ccco1)c1cccc(OC2CCCC2)c1. The van der Waals surface area contributed by atoms with Crippen LogP contribution in [-0.2, 0) is 0 Å². The van der Waals surface area contributed by atoms with Gasteiger partial charge in [0.05, 0.1) is 18.9 Å². The average molecular weight is 315 g/mol. The minimum absolute atomic E-state index is 0.0973. The number of aliphatic hydroxyl groups is 1. The molecular formula is C18H21NO4. The fourth-order valence-electron chi connectivity index (χ4n) is 2.78. The molecule has 0 bridgehead atoms. The molecule has 3 rings (SSSR count). The van der Waals surface area contributed by atoms with Gasteiger partial charge in [0.25, 0.3) is 5.91 Å². The van der Waals surface area contributed by atoms with E-state index in [1.54, 1.807) is 24.3 Å². The van der Waals surface area contributed by atoms with Crippen molar-refractivity contribution in [2.24, 2.45) is 0 Å². The van der Waals surface area contributed by atoms with Gasteiger partial charge in [-0.15, -0.1) is 0 Å². The normalized spacial score (nSPS) is 16.2. The molecule has 1 atom stereocenters. The van der Waals surface area contributed by atoms with Crippen molar-refractivity contribution in [3.05, 3.63) is 54.0 Å². The van der Waals surface area contributed by atoms with Crippen LogP contribution in [0.2, 0.25) is 0 Å². The van der Waals surface area contributed by atoms with Crippen LogP contribution in [0.15, 0.2) is 47.1 Å². The van der Waals surface area contributed by atoms with Crippen molar-refractivity contribution in [2.75, 3.05) is 6.54 Å². The monoisotopic (exact) mass is 315 g/mol. The largest absolute Gasteiger partial charge is 0.490 e. The van der Waals surface area contributed by atoms with Crippen molar-refractivity contribution in [1.29, 1.82) is 0 Å². The second-order valence-electron chi connectivity index (χ2n) is 5.79. The van der Waals surface area contributed by atoms with E-state index in [1.165, 1.54) is 19.1 Å². The van der Waals surface area contributed by atoms with Crippen molar-refractivity contribution in [3.63, 3.8) is 0 Å². The first-order valence-electron chi connectivity index (χ1n) is 7.99. The second kappa shape index (κ2) is 7.33. The number of carbonyl (C=O) groups excluding carboxylic acids is 1. The average Bonchev–Trinajstić information content (AvgIpc) is 3.26. The molecule has 5 heteroatoms. The summed E-state index contributed by atoms with van der Waals surface area (Å²) < 4.78 is 11.0. The lowest BCUT2D eigenvalue weighted by molar-refractivity contribution is 0.0900. The van der Waals surface area contributed by atoms with Gasteiger partial charge >= 0.3 is 0 Å². The van der Waals surface area contributed by atoms with Crippen molar-refractivity contribution < 1.29 is 19.1 Å². The summed E-state index contributed by atoms with van der Waals surface area (Å²) in [5.74, 6) is 0.909. The minimum atomic E-state index is -0.855. The Morgan fingerprint density at radius 2 is 2.13 bits per heavy atom. The van der Waals surface area contributed by atoms with Gasteiger partial charge in [-0.05, 0) is 56.0 Å². The standard InChI is InChI=1S/C18H21NO4/c20-16(17-9-4-10-22-17)12-19-18(21)13-5-3-8-15(11-13)23-14-6-1-2-7-14/h3-5,8-11,14,16,20H,1-2,6-7,12H2,(H,19,21). The van der Waals surface area contributed by atoms with Gasteiger partial charge in [0.2, 0.25) is 0 Å². The Hall–Kier alpha value is -2.27. The number of nitrogens with one attached hydrogen (secondary N) is 1. The van der Waals surface area contributed by atoms with E-state index in [0.29, 0.717) is 11.3 Å². The Labute approximate surface area is 135 Å². The fraction of sp³-hybridized carbons (Fsp3) is 0.389. The third-order valence-corrected chi connectivity index (χ3v) is 4.03. The number of aliphatic hydroxyl groups excluding tert-OH is 1. The number of benzene rings is 1. The molecule has 1 aromatic carbocycles. The van der Waals surface area contributed by atoms with Gasteiger partial charge in [0, 0.05) is 5.56 Å². The molecule has 2 aromatic rings. The van der Waals surface area contributed by atoms with E-state index in [2.05, 4.69) is 5.32 Å². The molecule has 0 saturated heterocycles. The lowest BCUT2D eigenvalue weighted by atomic mass is 10.2. The molecule has 1 aromatic heterocycles. The number of furan rings is 1. The van der Waals surface area contributed by atoms with E-state index in [4.69, 9.17) is 9.15 Å². The highest BCUT2D eigenvalue weighted by Gasteiger charge is 2.17. The van der Waals surface area contributed by atoms with Crippen LogP contribution in [0.25, 0.3) is 0 Å². The van der Waals surface area contributed by atoms with Gasteiger partial charge in [-0.3, -0.25) is 4.79 Å². The Balaban J connectivity index is 1.56. The Bertz CT molecular complexity index is 632. The Kier molecular flexibility index (Phi) is 4.98. The number of ether oxygens (including phenoxy) is 1. The zero-order valence-corrected chi connectivity index (χ0v) is 12.9. The van der Waals surface area contributed by atoms with Gasteiger partial charge in [-0.25, -0.2) is 0 Å². The molecule has 5 nitrogen and oxygen atoms in total. The van der Waals surface area contributed by atoms with Gasteiger partial charge in [-0.2, -0.15) is 0 Å². The third kappa shape index (κ3) is 4.13. The number of rotatable bonds is 6. The van der Waals surface area contributed by atoms with Gasteiger partial charge < -0.3 is 19.6 Å². The number of amides is 1. The van der Waals surface area contributed by atoms with Crippen LogP contribution in [0, 0.1) is 0 Å². The molecule has 1 saturated carbocycles. The predicted octanol–water partition coefficient (Wildman–Crippen LogP) is 3.06. The summed E-state index contributed by atoms with van der Waals surface area (Å²) in [6.07, 6.45) is 5.45. The van der Waals surface area contributed by atoms with E-state index in [1.807, 2.05) is 12.1 Å². The summed E-state index contributed by atoms with van der Waals surface area (Å²) in [4.78, 5) is 12.2. The number of hydrogen-bond donors (Lipinski definition) is 2. The molecule has 1 fully saturated rings. The van der Waals surface area contributed by atoms with E-state index < -0.39 is 6.10 Å². The zero-order valence-electron chi connectivity index (χ0n) is 12.9. The summed E-state index contributed by atoms with van der Waals surface area (Å²) in [5, 5.41) is 12.6. The summed E-state index contributed by atoms with van der Waals surface area (Å²) in [6, 6.07) is 10.5. The topological polar surface area (TPSA) is 71.7 Å². The van der Waals surface area contributed by atoms with E-state index in [9.17, 15) is 9.90 Å². The van der Waals surface area contributed by atoms with Crippen LogP contribution >= 0.6 is 0 Å². The molecule has 0 spiro atoms. The molecule has 1 aliphatic carbocycles. The van der Waals surface area contributed by atoms with Crippen LogP contribution in [0.5, 0.6) is 5.75 Å². The van der Waals surface area contributed by atoms with Crippen LogP contribution in [0.1, 0.15) is 47.9 Å². The molecule has 122 valence electrons. The van der Waals surface area contributed by atoms with Crippen molar-refractivity contribution in [1.82, 2.24) is 5.32 Å². The van der Waals surface area contributed by atoms with Crippen molar-refractivity contribution >= 4 is 5.91 Å². The summed E-state index contributed by atoms with van der Waals surface area (Å²) in [5.41, 5.74) is 0.521. The van der Waals surface area contributed by atoms with Gasteiger partial charge in [-0.1, -0.05) is 6.07 Å². The van der Waals surface area contributed by atoms with E-state index in [0.717, 1.165) is 18.6 Å². The lowest BCUT2D eigenvalue weighted by Crippen LogP contribution is -2.28. The second-order valence-corrected chi connectivity index (χ2v) is 5.79. The van der Waals surface area contributed by atoms with Crippen LogP contribution in [0.4, 0.5) is 0 Å². The quantitative estimate of drug-likeness (QED) is 0.859. The first-order valence-corrected chi connectivity index (χ1v) is 7.99. The van der Waals surface area contributed by atoms with E-state index in [-0.39, 0.29) is 18.6 Å². The van der Waals surface area contributed by atoms with Gasteiger partial charge in [0.1, 0.15) is 17.6 Å². The fourth-order valence-corrected chi connectivity index (χ4v) is 2.78. The maximum atomic E-state index is 12.2. The Morgan fingerprint density at radius 1 is 1.30 bits per heavy atom. The Morgan fingerprint density at radius 3 is 2.87 bits per heavy atom. The molecule has 1 heterocycles. The number of hydrogen-bond acceptors (Lipinski definition) is 4. The first kappa shape index (κ1) is 15.6. The van der Waals surface area contributed by atoms with Gasteiger partial charge in [0.15, 0.2) is 0 Å². The third-order valence-electron chi connectivity index (χ3n) is 4.03. The molecular weight excluding hydrogens is 294 g/mol. The maximum Gasteiger partial charge on any atom is 0.251 e. The highest BCUT2D eigenvalue weighted by atomic mass is 16.5. The van der Waals surface area contributed by atoms with Crippen LogP contribution in [0.3, 0.4) is 0 Å². The van der Waals surface area contributed by atoms with Crippen molar-refractivity contribution in [2.45, 2.75) is 37.9 Å². The molecule has 1 amide bonds. The van der Waals surface area contributed by atoms with Crippen LogP contribution in [-0.4, -0.2) is 23.7 Å². The number of carbonyl (C=O) groups is 1. The van der Waals surface area contributed by atoms with Crippen molar-refractivity contribution in [3.8, 4) is 5.75 Å².